The van der Waals surface area contributed by atoms with Gasteiger partial charge in [0.1, 0.15) is 11.6 Å². The summed E-state index contributed by atoms with van der Waals surface area (Å²) in [6.45, 7) is 1.48. The van der Waals surface area contributed by atoms with Crippen LogP contribution in [0.25, 0.3) is 5.57 Å². The van der Waals surface area contributed by atoms with Crippen molar-refractivity contribution in [1.29, 1.82) is 0 Å². The van der Waals surface area contributed by atoms with E-state index in [1.54, 1.807) is 12.1 Å². The van der Waals surface area contributed by atoms with Gasteiger partial charge in [-0.15, -0.1) is 0 Å². The van der Waals surface area contributed by atoms with Crippen LogP contribution in [0.2, 0.25) is 0 Å². The molecule has 2 heterocycles. The van der Waals surface area contributed by atoms with E-state index in [0.717, 1.165) is 13.0 Å². The van der Waals surface area contributed by atoms with Crippen LogP contribution in [0.4, 0.5) is 25.8 Å². The topological polar surface area (TPSA) is 44.4 Å². The molecule has 2 aliphatic heterocycles. The lowest BCUT2D eigenvalue weighted by Gasteiger charge is -2.26. The van der Waals surface area contributed by atoms with Gasteiger partial charge in [0.25, 0.3) is 5.91 Å². The Morgan fingerprint density at radius 1 is 1.12 bits per heavy atom. The number of halogens is 2. The molecule has 132 valence electrons. The number of carbonyl (C=O) groups excluding carboxylic acids is 1. The third-order valence-electron chi connectivity index (χ3n) is 4.49. The summed E-state index contributed by atoms with van der Waals surface area (Å²) in [5, 5.41) is 5.60. The van der Waals surface area contributed by atoms with Crippen LogP contribution in [0.3, 0.4) is 0 Å². The molecule has 2 N–H and O–H groups in total. The first kappa shape index (κ1) is 16.3. The first-order valence-electron chi connectivity index (χ1n) is 8.39. The highest BCUT2D eigenvalue weighted by Crippen LogP contribution is 2.32. The van der Waals surface area contributed by atoms with Crippen LogP contribution in [0, 0.1) is 11.6 Å². The number of rotatable bonds is 3. The Kier molecular flexibility index (Phi) is 4.16. The van der Waals surface area contributed by atoms with Crippen LogP contribution < -0.4 is 15.5 Å². The van der Waals surface area contributed by atoms with E-state index in [9.17, 15) is 13.6 Å². The first-order chi connectivity index (χ1) is 12.6. The zero-order valence-electron chi connectivity index (χ0n) is 13.9. The molecule has 0 saturated carbocycles. The van der Waals surface area contributed by atoms with E-state index in [1.165, 1.54) is 30.5 Å². The van der Waals surface area contributed by atoms with Crippen LogP contribution in [-0.2, 0) is 4.79 Å². The van der Waals surface area contributed by atoms with Crippen LogP contribution in [0.5, 0.6) is 0 Å². The van der Waals surface area contributed by atoms with E-state index < -0.39 is 5.82 Å². The minimum atomic E-state index is -0.419. The van der Waals surface area contributed by atoms with E-state index in [2.05, 4.69) is 16.7 Å². The fourth-order valence-electron chi connectivity index (χ4n) is 3.17. The number of amides is 1. The lowest BCUT2D eigenvalue weighted by Crippen LogP contribution is -2.27. The van der Waals surface area contributed by atoms with Gasteiger partial charge in [0.2, 0.25) is 0 Å². The number of fused-ring (bicyclic) bond motifs is 1. The molecule has 2 aromatic rings. The van der Waals surface area contributed by atoms with Gasteiger partial charge in [-0.3, -0.25) is 4.79 Å². The van der Waals surface area contributed by atoms with E-state index in [0.29, 0.717) is 34.7 Å². The predicted octanol–water partition coefficient (Wildman–Crippen LogP) is 4.14. The number of hydrogen-bond donors (Lipinski definition) is 2. The second-order valence-corrected chi connectivity index (χ2v) is 6.22. The average Bonchev–Trinajstić information content (AvgIpc) is 2.95. The molecule has 0 aromatic heterocycles. The number of hydrogen-bond acceptors (Lipinski definition) is 3. The Morgan fingerprint density at radius 2 is 2.00 bits per heavy atom. The summed E-state index contributed by atoms with van der Waals surface area (Å²) in [4.78, 5) is 14.0. The molecule has 2 aliphatic rings. The van der Waals surface area contributed by atoms with E-state index in [1.807, 2.05) is 11.0 Å². The van der Waals surface area contributed by atoms with Gasteiger partial charge in [0, 0.05) is 36.2 Å². The number of nitrogens with zero attached hydrogens (tertiary/aromatic N) is 1. The van der Waals surface area contributed by atoms with E-state index in [-0.39, 0.29) is 11.7 Å². The summed E-state index contributed by atoms with van der Waals surface area (Å²) in [6, 6.07) is 8.98. The Hall–Kier alpha value is -3.15. The lowest BCUT2D eigenvalue weighted by atomic mass is 10.1. The lowest BCUT2D eigenvalue weighted by molar-refractivity contribution is -0.110. The first-order valence-corrected chi connectivity index (χ1v) is 8.39. The van der Waals surface area contributed by atoms with Gasteiger partial charge in [0.15, 0.2) is 0 Å². The zero-order valence-corrected chi connectivity index (χ0v) is 13.9. The highest BCUT2D eigenvalue weighted by Gasteiger charge is 2.24. The SMILES string of the molecule is O=C1Nc2ccc(F)cc2C1=CNc1ccc(N2CC=CCC2)c(F)c1. The van der Waals surface area contributed by atoms with Crippen LogP contribution in [-0.4, -0.2) is 19.0 Å². The molecule has 4 rings (SSSR count). The second-order valence-electron chi connectivity index (χ2n) is 6.22. The Balaban J connectivity index is 1.56. The van der Waals surface area contributed by atoms with Gasteiger partial charge in [-0.1, -0.05) is 12.2 Å². The molecule has 0 spiro atoms. The quantitative estimate of drug-likeness (QED) is 0.644. The van der Waals surface area contributed by atoms with Crippen LogP contribution >= 0.6 is 0 Å². The molecule has 0 fully saturated rings. The van der Waals surface area contributed by atoms with Gasteiger partial charge in [-0.2, -0.15) is 0 Å². The fraction of sp³-hybridized carbons (Fsp3) is 0.150. The van der Waals surface area contributed by atoms with Gasteiger partial charge < -0.3 is 15.5 Å². The third kappa shape index (κ3) is 3.06. The van der Waals surface area contributed by atoms with Crippen molar-refractivity contribution >= 4 is 28.5 Å². The number of carbonyl (C=O) groups is 1. The second kappa shape index (κ2) is 6.63. The Morgan fingerprint density at radius 3 is 2.77 bits per heavy atom. The predicted molar refractivity (Wildman–Crippen MR) is 99.0 cm³/mol. The van der Waals surface area contributed by atoms with Crippen molar-refractivity contribution in [2.45, 2.75) is 6.42 Å². The van der Waals surface area contributed by atoms with Gasteiger partial charge in [-0.25, -0.2) is 8.78 Å². The molecule has 4 nitrogen and oxygen atoms in total. The van der Waals surface area contributed by atoms with Crippen molar-refractivity contribution in [1.82, 2.24) is 0 Å². The van der Waals surface area contributed by atoms with E-state index >= 15 is 0 Å². The minimum absolute atomic E-state index is 0.310. The largest absolute Gasteiger partial charge is 0.365 e. The highest BCUT2D eigenvalue weighted by atomic mass is 19.1. The van der Waals surface area contributed by atoms with Gasteiger partial charge >= 0.3 is 0 Å². The zero-order chi connectivity index (χ0) is 18.1. The van der Waals surface area contributed by atoms with Crippen molar-refractivity contribution < 1.29 is 13.6 Å². The molecule has 0 saturated heterocycles. The maximum Gasteiger partial charge on any atom is 0.257 e. The van der Waals surface area contributed by atoms with Crippen molar-refractivity contribution in [3.05, 3.63) is 71.9 Å². The highest BCUT2D eigenvalue weighted by molar-refractivity contribution is 6.31. The molecule has 0 bridgehead atoms. The molecule has 2 aromatic carbocycles. The molecule has 1 amide bonds. The third-order valence-corrected chi connectivity index (χ3v) is 4.49. The van der Waals surface area contributed by atoms with Crippen molar-refractivity contribution in [3.8, 4) is 0 Å². The maximum absolute atomic E-state index is 14.4. The maximum atomic E-state index is 14.4. The van der Waals surface area contributed by atoms with Crippen LogP contribution in [0.1, 0.15) is 12.0 Å². The van der Waals surface area contributed by atoms with Crippen molar-refractivity contribution in [2.75, 3.05) is 28.6 Å². The summed E-state index contributed by atoms with van der Waals surface area (Å²) < 4.78 is 27.9. The number of nitrogens with one attached hydrogen (secondary N) is 2. The molecule has 0 atom stereocenters. The molecule has 0 unspecified atom stereocenters. The monoisotopic (exact) mass is 353 g/mol. The summed E-state index contributed by atoms with van der Waals surface area (Å²) in [6.07, 6.45) is 6.48. The van der Waals surface area contributed by atoms with Crippen molar-refractivity contribution in [2.24, 2.45) is 0 Å². The molecule has 0 radical (unpaired) electrons. The molecular formula is C20H17F2N3O. The molecule has 0 aliphatic carbocycles. The summed E-state index contributed by atoms with van der Waals surface area (Å²) in [5.41, 5.74) is 2.43. The molecule has 26 heavy (non-hydrogen) atoms. The number of benzene rings is 2. The van der Waals surface area contributed by atoms with Crippen LogP contribution in [0.15, 0.2) is 54.8 Å². The average molecular weight is 353 g/mol. The fourth-order valence-corrected chi connectivity index (χ4v) is 3.17. The minimum Gasteiger partial charge on any atom is -0.365 e. The van der Waals surface area contributed by atoms with E-state index in [4.69, 9.17) is 0 Å². The van der Waals surface area contributed by atoms with Crippen molar-refractivity contribution in [3.63, 3.8) is 0 Å². The summed E-state index contributed by atoms with van der Waals surface area (Å²) >= 11 is 0. The Labute approximate surface area is 149 Å². The normalized spacial score (nSPS) is 17.4. The Bertz CT molecular complexity index is 937. The summed E-state index contributed by atoms with van der Waals surface area (Å²) in [7, 11) is 0. The summed E-state index contributed by atoms with van der Waals surface area (Å²) in [5.74, 6) is -1.07. The smallest absolute Gasteiger partial charge is 0.257 e. The van der Waals surface area contributed by atoms with Gasteiger partial charge in [0.05, 0.1) is 11.3 Å². The standard InChI is InChI=1S/C20H17F2N3O/c21-13-4-6-18-15(10-13)16(20(26)24-18)12-23-14-5-7-19(17(22)11-14)25-8-2-1-3-9-25/h1-2,4-7,10-12,23H,3,8-9H2,(H,24,26). The number of anilines is 3. The van der Waals surface area contributed by atoms with Gasteiger partial charge in [-0.05, 0) is 42.8 Å². The molecule has 6 heteroatoms. The molecular weight excluding hydrogens is 336 g/mol.